The third-order valence-corrected chi connectivity index (χ3v) is 5.99. The second-order valence-corrected chi connectivity index (χ2v) is 8.00. The summed E-state index contributed by atoms with van der Waals surface area (Å²) in [5.41, 5.74) is -0.841. The Morgan fingerprint density at radius 3 is 1.77 bits per heavy atom. The van der Waals surface area contributed by atoms with E-state index < -0.39 is 33.8 Å². The predicted octanol–water partition coefficient (Wildman–Crippen LogP) is 1.17. The number of hydrogen-bond acceptors (Lipinski definition) is 3. The van der Waals surface area contributed by atoms with Crippen molar-refractivity contribution >= 4 is 41.0 Å². The molecule has 124 valence electrons. The monoisotopic (exact) mass is 380 g/mol. The van der Waals surface area contributed by atoms with Crippen LogP contribution in [0.15, 0.2) is 0 Å². The van der Waals surface area contributed by atoms with Crippen molar-refractivity contribution in [3.8, 4) is 0 Å². The second kappa shape index (κ2) is 10.2. The van der Waals surface area contributed by atoms with Crippen LogP contribution < -0.4 is 34.7 Å². The van der Waals surface area contributed by atoms with Gasteiger partial charge in [0, 0.05) is 21.5 Å². The van der Waals surface area contributed by atoms with Crippen LogP contribution in [0.25, 0.3) is 0 Å². The molecule has 1 rings (SSSR count). The van der Waals surface area contributed by atoms with Crippen molar-refractivity contribution in [3.63, 3.8) is 0 Å². The van der Waals surface area contributed by atoms with E-state index in [1.165, 1.54) is 0 Å². The topological polar surface area (TPSA) is 49.4 Å². The molecular formula is C15H24Cl3NaO3. The normalized spacial score (nSPS) is 24.3. The first-order chi connectivity index (χ1) is 9.74. The number of carbonyl (C=O) groups is 1. The summed E-state index contributed by atoms with van der Waals surface area (Å²) >= 11 is 19.3. The summed E-state index contributed by atoms with van der Waals surface area (Å²) in [4.78, 5) is 11.1. The van der Waals surface area contributed by atoms with E-state index in [9.17, 15) is 9.90 Å². The maximum absolute atomic E-state index is 11.1. The zero-order valence-electron chi connectivity index (χ0n) is 13.8. The molecule has 3 nitrogen and oxygen atoms in total. The summed E-state index contributed by atoms with van der Waals surface area (Å²) in [5.74, 6) is 0.0836. The molecule has 22 heavy (non-hydrogen) atoms. The maximum Gasteiger partial charge on any atom is 1.00 e. The zero-order chi connectivity index (χ0) is 16.2. The predicted molar refractivity (Wildman–Crippen MR) is 85.2 cm³/mol. The van der Waals surface area contributed by atoms with Crippen LogP contribution in [-0.2, 0) is 4.74 Å². The van der Waals surface area contributed by atoms with Crippen molar-refractivity contribution in [1.29, 1.82) is 0 Å². The van der Waals surface area contributed by atoms with Gasteiger partial charge in [0.25, 0.3) is 6.16 Å². The van der Waals surface area contributed by atoms with Gasteiger partial charge in [0.2, 0.25) is 0 Å². The van der Waals surface area contributed by atoms with Crippen molar-refractivity contribution < 1.29 is 44.2 Å². The third-order valence-electron chi connectivity index (χ3n) is 4.86. The van der Waals surface area contributed by atoms with Crippen molar-refractivity contribution in [2.75, 3.05) is 0 Å². The molecule has 0 heterocycles. The minimum absolute atomic E-state index is 0. The van der Waals surface area contributed by atoms with Crippen LogP contribution in [0.1, 0.15) is 52.9 Å². The smallest absolute Gasteiger partial charge is 0.545 e. The molecule has 1 fully saturated rings. The average Bonchev–Trinajstić information content (AvgIpc) is 2.37. The second-order valence-electron chi connectivity index (χ2n) is 6.03. The number of rotatable bonds is 6. The van der Waals surface area contributed by atoms with Crippen LogP contribution >= 0.6 is 34.8 Å². The number of ether oxygens (including phenoxy) is 1. The SMILES string of the molecule is CC(Cl)C(C(C)Cl)(C(C)Cl)C(OC(=O)[O-])C1CCCCC1.[Na+]. The van der Waals surface area contributed by atoms with Crippen LogP contribution in [-0.4, -0.2) is 28.4 Å². The first-order valence-corrected chi connectivity index (χ1v) is 8.85. The van der Waals surface area contributed by atoms with Gasteiger partial charge in [-0.15, -0.1) is 34.8 Å². The van der Waals surface area contributed by atoms with Crippen LogP contribution in [0.3, 0.4) is 0 Å². The average molecular weight is 382 g/mol. The zero-order valence-corrected chi connectivity index (χ0v) is 18.0. The summed E-state index contributed by atoms with van der Waals surface area (Å²) in [6, 6.07) is 0. The molecule has 0 saturated heterocycles. The maximum atomic E-state index is 11.1. The number of alkyl halides is 3. The number of carboxylic acid groups (broad SMARTS) is 1. The Balaban J connectivity index is 0.00000441. The minimum atomic E-state index is -1.54. The standard InChI is InChI=1S/C15H25Cl3O3.Na/c1-9(16)15(10(2)17,11(3)18)13(21-14(19)20)12-7-5-4-6-8-12;/h9-13H,4-8H2,1-3H3,(H,19,20);/q;+1/p-1. The molecule has 0 aromatic rings. The van der Waals surface area contributed by atoms with Crippen molar-refractivity contribution in [3.05, 3.63) is 0 Å². The van der Waals surface area contributed by atoms with Gasteiger partial charge in [0.1, 0.15) is 0 Å². The minimum Gasteiger partial charge on any atom is -0.545 e. The Labute approximate surface area is 170 Å². The largest absolute Gasteiger partial charge is 1.00 e. The molecule has 0 aromatic heterocycles. The van der Waals surface area contributed by atoms with Gasteiger partial charge in [-0.25, -0.2) is 0 Å². The Morgan fingerprint density at radius 2 is 1.45 bits per heavy atom. The van der Waals surface area contributed by atoms with Gasteiger partial charge in [-0.3, -0.25) is 0 Å². The van der Waals surface area contributed by atoms with E-state index in [0.29, 0.717) is 0 Å². The van der Waals surface area contributed by atoms with Crippen molar-refractivity contribution in [1.82, 2.24) is 0 Å². The molecule has 0 amide bonds. The van der Waals surface area contributed by atoms with Crippen LogP contribution in [0.5, 0.6) is 0 Å². The molecule has 4 unspecified atom stereocenters. The molecule has 4 atom stereocenters. The molecule has 0 radical (unpaired) electrons. The number of carbonyl (C=O) groups excluding carboxylic acids is 1. The summed E-state index contributed by atoms with van der Waals surface area (Å²) in [6.45, 7) is 5.40. The Hall–Kier alpha value is 1.14. The van der Waals surface area contributed by atoms with Crippen molar-refractivity contribution in [2.24, 2.45) is 11.3 Å². The molecule has 0 bridgehead atoms. The van der Waals surface area contributed by atoms with Crippen molar-refractivity contribution in [2.45, 2.75) is 75.1 Å². The summed E-state index contributed by atoms with van der Waals surface area (Å²) in [6.07, 6.45) is 2.88. The molecule has 7 heteroatoms. The van der Waals surface area contributed by atoms with E-state index in [4.69, 9.17) is 39.5 Å². The van der Waals surface area contributed by atoms with E-state index in [2.05, 4.69) is 0 Å². The van der Waals surface area contributed by atoms with Crippen LogP contribution in [0.4, 0.5) is 4.79 Å². The molecule has 0 aromatic carbocycles. The Morgan fingerprint density at radius 1 is 1.05 bits per heavy atom. The third kappa shape index (κ3) is 5.07. The number of hydrogen-bond donors (Lipinski definition) is 0. The fraction of sp³-hybridized carbons (Fsp3) is 0.933. The Kier molecular flexibility index (Phi) is 10.7. The molecule has 1 aliphatic rings. The van der Waals surface area contributed by atoms with E-state index in [1.54, 1.807) is 20.8 Å². The molecule has 0 spiro atoms. The van der Waals surface area contributed by atoms with E-state index in [1.807, 2.05) is 0 Å². The summed E-state index contributed by atoms with van der Waals surface area (Å²) in [7, 11) is 0. The van der Waals surface area contributed by atoms with Gasteiger partial charge in [0.05, 0.1) is 6.10 Å². The first-order valence-electron chi connectivity index (χ1n) is 7.54. The summed E-state index contributed by atoms with van der Waals surface area (Å²) < 4.78 is 5.19. The summed E-state index contributed by atoms with van der Waals surface area (Å²) in [5, 5.41) is 9.82. The van der Waals surface area contributed by atoms with E-state index in [-0.39, 0.29) is 35.5 Å². The van der Waals surface area contributed by atoms with Gasteiger partial charge < -0.3 is 14.6 Å². The van der Waals surface area contributed by atoms with Gasteiger partial charge in [-0.05, 0) is 39.5 Å². The quantitative estimate of drug-likeness (QED) is 0.394. The van der Waals surface area contributed by atoms with Gasteiger partial charge in [0.15, 0.2) is 0 Å². The molecule has 1 aliphatic carbocycles. The van der Waals surface area contributed by atoms with E-state index in [0.717, 1.165) is 32.1 Å². The molecule has 1 saturated carbocycles. The van der Waals surface area contributed by atoms with Gasteiger partial charge in [-0.2, -0.15) is 0 Å². The van der Waals surface area contributed by atoms with Crippen LogP contribution in [0, 0.1) is 11.3 Å². The fourth-order valence-corrected chi connectivity index (χ4v) is 5.48. The van der Waals surface area contributed by atoms with Gasteiger partial charge >= 0.3 is 29.6 Å². The van der Waals surface area contributed by atoms with Gasteiger partial charge in [-0.1, -0.05) is 19.3 Å². The first kappa shape index (κ1) is 23.1. The fourth-order valence-electron chi connectivity index (χ4n) is 3.78. The molecular weight excluding hydrogens is 358 g/mol. The molecule has 0 aliphatic heterocycles. The molecule has 0 N–H and O–H groups in total. The number of halogens is 3. The van der Waals surface area contributed by atoms with E-state index >= 15 is 0 Å². The van der Waals surface area contributed by atoms with Crippen LogP contribution in [0.2, 0.25) is 0 Å². The Bertz CT molecular complexity index is 323.